The van der Waals surface area contributed by atoms with Crippen LogP contribution in [-0.2, 0) is 32.4 Å². The Hall–Kier alpha value is -1.96. The summed E-state index contributed by atoms with van der Waals surface area (Å²) >= 11 is 1.78. The summed E-state index contributed by atoms with van der Waals surface area (Å²) in [5.74, 6) is 2.86. The van der Waals surface area contributed by atoms with Crippen LogP contribution in [0, 0.1) is 0 Å². The second-order valence-electron chi connectivity index (χ2n) is 5.46. The molecular weight excluding hydrogens is 310 g/mol. The van der Waals surface area contributed by atoms with E-state index in [0.29, 0.717) is 6.54 Å². The molecule has 0 aliphatic carbocycles. The summed E-state index contributed by atoms with van der Waals surface area (Å²) in [7, 11) is 1.78. The Bertz CT molecular complexity index is 673. The van der Waals surface area contributed by atoms with Crippen molar-refractivity contribution in [3.05, 3.63) is 27.7 Å². The molecule has 0 saturated heterocycles. The highest BCUT2D eigenvalue weighted by Crippen LogP contribution is 2.14. The van der Waals surface area contributed by atoms with Gasteiger partial charge >= 0.3 is 0 Å². The van der Waals surface area contributed by atoms with Crippen molar-refractivity contribution in [1.82, 2.24) is 30.4 Å². The number of nitrogens with one attached hydrogen (secondary N) is 2. The fourth-order valence-electron chi connectivity index (χ4n) is 2.64. The van der Waals surface area contributed by atoms with Gasteiger partial charge in [-0.1, -0.05) is 6.92 Å². The van der Waals surface area contributed by atoms with Crippen LogP contribution < -0.4 is 10.6 Å². The number of fused-ring (bicyclic) bond motifs is 1. The van der Waals surface area contributed by atoms with Crippen molar-refractivity contribution in [2.24, 2.45) is 4.99 Å². The van der Waals surface area contributed by atoms with Crippen molar-refractivity contribution in [3.8, 4) is 0 Å². The minimum Gasteiger partial charge on any atom is -0.356 e. The maximum atomic E-state index is 4.43. The van der Waals surface area contributed by atoms with E-state index in [9.17, 15) is 0 Å². The molecule has 124 valence electrons. The van der Waals surface area contributed by atoms with Gasteiger partial charge in [-0.2, -0.15) is 0 Å². The monoisotopic (exact) mass is 333 g/mol. The molecule has 7 nitrogen and oxygen atoms in total. The van der Waals surface area contributed by atoms with Crippen molar-refractivity contribution in [2.45, 2.75) is 45.7 Å². The van der Waals surface area contributed by atoms with Crippen LogP contribution in [0.15, 0.2) is 11.2 Å². The van der Waals surface area contributed by atoms with Crippen LogP contribution in [0.5, 0.6) is 0 Å². The van der Waals surface area contributed by atoms with Crippen molar-refractivity contribution in [2.75, 3.05) is 13.6 Å². The van der Waals surface area contributed by atoms with E-state index >= 15 is 0 Å². The molecule has 0 radical (unpaired) electrons. The van der Waals surface area contributed by atoms with Gasteiger partial charge < -0.3 is 15.2 Å². The number of hydrogen-bond donors (Lipinski definition) is 2. The van der Waals surface area contributed by atoms with Gasteiger partial charge in [0.25, 0.3) is 0 Å². The highest BCUT2D eigenvalue weighted by molar-refractivity contribution is 7.11. The van der Waals surface area contributed by atoms with Gasteiger partial charge in [-0.3, -0.25) is 4.99 Å². The normalized spacial score (nSPS) is 14.1. The van der Waals surface area contributed by atoms with Crippen LogP contribution in [0.25, 0.3) is 0 Å². The first kappa shape index (κ1) is 15.9. The Morgan fingerprint density at radius 3 is 3.09 bits per heavy atom. The molecule has 0 aromatic carbocycles. The lowest BCUT2D eigenvalue weighted by molar-refractivity contribution is 0.662. The molecule has 1 aliphatic heterocycles. The highest BCUT2D eigenvalue weighted by Gasteiger charge is 2.17. The molecule has 0 bridgehead atoms. The number of aryl methyl sites for hydroxylation is 2. The van der Waals surface area contributed by atoms with Gasteiger partial charge in [0.1, 0.15) is 5.82 Å². The minimum atomic E-state index is 0.643. The predicted molar refractivity (Wildman–Crippen MR) is 91.7 cm³/mol. The average Bonchev–Trinajstić information content (AvgIpc) is 3.27. The maximum Gasteiger partial charge on any atom is 0.191 e. The Morgan fingerprint density at radius 1 is 1.39 bits per heavy atom. The smallest absolute Gasteiger partial charge is 0.191 e. The third-order valence-corrected chi connectivity index (χ3v) is 5.11. The van der Waals surface area contributed by atoms with Gasteiger partial charge in [0.05, 0.1) is 11.6 Å². The first-order valence-electron chi connectivity index (χ1n) is 8.09. The summed E-state index contributed by atoms with van der Waals surface area (Å²) in [6, 6.07) is 0. The van der Waals surface area contributed by atoms with Crippen LogP contribution >= 0.6 is 11.3 Å². The van der Waals surface area contributed by atoms with Crippen LogP contribution in [0.1, 0.15) is 34.9 Å². The summed E-state index contributed by atoms with van der Waals surface area (Å²) in [4.78, 5) is 10.0. The summed E-state index contributed by atoms with van der Waals surface area (Å²) in [6.07, 6.45) is 6.13. The molecule has 0 atom stereocenters. The SMILES string of the molecule is CCc1cnc(CCNC(=NC)NCc2nnc3n2CCC3)s1. The molecule has 0 amide bonds. The summed E-state index contributed by atoms with van der Waals surface area (Å²) in [5, 5.41) is 16.3. The number of aromatic nitrogens is 4. The lowest BCUT2D eigenvalue weighted by atomic mass is 10.4. The van der Waals surface area contributed by atoms with E-state index in [0.717, 1.165) is 50.0 Å². The highest BCUT2D eigenvalue weighted by atomic mass is 32.1. The fourth-order valence-corrected chi connectivity index (χ4v) is 3.50. The first-order valence-corrected chi connectivity index (χ1v) is 8.91. The van der Waals surface area contributed by atoms with Gasteiger partial charge in [-0.25, -0.2) is 4.98 Å². The first-order chi connectivity index (χ1) is 11.3. The molecule has 0 saturated carbocycles. The molecule has 3 heterocycles. The zero-order valence-electron chi connectivity index (χ0n) is 13.7. The molecule has 8 heteroatoms. The fraction of sp³-hybridized carbons (Fsp3) is 0.600. The van der Waals surface area contributed by atoms with E-state index in [4.69, 9.17) is 0 Å². The lowest BCUT2D eigenvalue weighted by Gasteiger charge is -2.11. The zero-order chi connectivity index (χ0) is 16.1. The standard InChI is InChI=1S/C15H23N7S/c1-3-11-9-18-14(23-11)6-7-17-15(16-2)19-10-13-21-20-12-5-4-8-22(12)13/h9H,3-8,10H2,1-2H3,(H2,16,17,19). The van der Waals surface area contributed by atoms with Crippen molar-refractivity contribution in [3.63, 3.8) is 0 Å². The minimum absolute atomic E-state index is 0.643. The second-order valence-corrected chi connectivity index (χ2v) is 6.66. The molecule has 23 heavy (non-hydrogen) atoms. The number of thiazole rings is 1. The predicted octanol–water partition coefficient (Wildman–Crippen LogP) is 1.15. The molecule has 1 aliphatic rings. The van der Waals surface area contributed by atoms with Gasteiger partial charge in [-0.05, 0) is 12.8 Å². The van der Waals surface area contributed by atoms with Gasteiger partial charge in [0.15, 0.2) is 11.8 Å². The zero-order valence-corrected chi connectivity index (χ0v) is 14.5. The summed E-state index contributed by atoms with van der Waals surface area (Å²) in [5.41, 5.74) is 0. The van der Waals surface area contributed by atoms with E-state index in [-0.39, 0.29) is 0 Å². The topological polar surface area (TPSA) is 80.0 Å². The van der Waals surface area contributed by atoms with E-state index in [2.05, 4.69) is 42.3 Å². The lowest BCUT2D eigenvalue weighted by Crippen LogP contribution is -2.38. The Kier molecular flexibility index (Phi) is 5.22. The third kappa shape index (κ3) is 3.87. The van der Waals surface area contributed by atoms with Crippen LogP contribution in [0.2, 0.25) is 0 Å². The molecule has 0 fully saturated rings. The van der Waals surface area contributed by atoms with Crippen molar-refractivity contribution >= 4 is 17.3 Å². The molecule has 0 spiro atoms. The third-order valence-electron chi connectivity index (χ3n) is 3.90. The number of guanidine groups is 1. The van der Waals surface area contributed by atoms with E-state index < -0.39 is 0 Å². The van der Waals surface area contributed by atoms with Gasteiger partial charge in [0.2, 0.25) is 0 Å². The summed E-state index contributed by atoms with van der Waals surface area (Å²) in [6.45, 7) is 4.63. The molecule has 2 N–H and O–H groups in total. The van der Waals surface area contributed by atoms with E-state index in [1.807, 2.05) is 6.20 Å². The Balaban J connectivity index is 1.44. The van der Waals surface area contributed by atoms with Gasteiger partial charge in [0, 0.05) is 44.1 Å². The number of rotatable bonds is 6. The van der Waals surface area contributed by atoms with Crippen molar-refractivity contribution < 1.29 is 0 Å². The van der Waals surface area contributed by atoms with Crippen LogP contribution in [0.4, 0.5) is 0 Å². The van der Waals surface area contributed by atoms with E-state index in [1.165, 1.54) is 16.3 Å². The summed E-state index contributed by atoms with van der Waals surface area (Å²) < 4.78 is 2.20. The number of hydrogen-bond acceptors (Lipinski definition) is 5. The molecule has 3 rings (SSSR count). The average molecular weight is 333 g/mol. The number of aliphatic imine (C=N–C) groups is 1. The Morgan fingerprint density at radius 2 is 2.30 bits per heavy atom. The number of nitrogens with zero attached hydrogens (tertiary/aromatic N) is 5. The van der Waals surface area contributed by atoms with Crippen LogP contribution in [0.3, 0.4) is 0 Å². The largest absolute Gasteiger partial charge is 0.356 e. The molecule has 2 aromatic heterocycles. The van der Waals surface area contributed by atoms with Crippen molar-refractivity contribution in [1.29, 1.82) is 0 Å². The molecule has 2 aromatic rings. The van der Waals surface area contributed by atoms with Gasteiger partial charge in [-0.15, -0.1) is 21.5 Å². The second kappa shape index (κ2) is 7.54. The Labute approximate surface area is 140 Å². The molecule has 0 unspecified atom stereocenters. The quantitative estimate of drug-likeness (QED) is 0.612. The van der Waals surface area contributed by atoms with Crippen LogP contribution in [-0.4, -0.2) is 39.3 Å². The van der Waals surface area contributed by atoms with E-state index in [1.54, 1.807) is 18.4 Å². The molecular formula is C15H23N7S. The maximum absolute atomic E-state index is 4.43.